The second-order valence-electron chi connectivity index (χ2n) is 11.3. The molecular formula is C30H36N10O3. The minimum Gasteiger partial charge on any atom is -0.506 e. The van der Waals surface area contributed by atoms with Gasteiger partial charge in [0.15, 0.2) is 0 Å². The normalized spacial score (nSPS) is 22.4. The average molecular weight is 585 g/mol. The Kier molecular flexibility index (Phi) is 7.95. The molecule has 0 unspecified atom stereocenters. The topological polar surface area (TPSA) is 205 Å². The third-order valence-electron chi connectivity index (χ3n) is 7.70. The average Bonchev–Trinajstić information content (AvgIpc) is 2.97. The first-order chi connectivity index (χ1) is 20.7. The molecule has 3 heterocycles. The van der Waals surface area contributed by atoms with Gasteiger partial charge in [-0.15, -0.1) is 0 Å². The number of β-amino-alcohol motifs (C(OH)–C–C–N with tert-alkyl or cyclic N) is 1. The summed E-state index contributed by atoms with van der Waals surface area (Å²) in [6.07, 6.45) is 0.644. The molecular weight excluding hydrogens is 548 g/mol. The molecule has 13 nitrogen and oxygen atoms in total. The minimum atomic E-state index is -0.587. The van der Waals surface area contributed by atoms with Gasteiger partial charge in [0.25, 0.3) is 5.91 Å². The fourth-order valence-corrected chi connectivity index (χ4v) is 5.71. The molecule has 1 amide bonds. The zero-order chi connectivity index (χ0) is 30.1. The fraction of sp³-hybridized carbons (Fsp3) is 0.333. The summed E-state index contributed by atoms with van der Waals surface area (Å²) in [6.45, 7) is 1.97. The molecule has 2 aliphatic rings. The molecule has 13 heteroatoms. The van der Waals surface area contributed by atoms with Crippen LogP contribution in [-0.4, -0.2) is 81.5 Å². The lowest BCUT2D eigenvalue weighted by molar-refractivity contribution is 0.102. The van der Waals surface area contributed by atoms with E-state index >= 15 is 0 Å². The van der Waals surface area contributed by atoms with Crippen LogP contribution in [0.1, 0.15) is 23.2 Å². The number of carbonyl (C=O) groups is 1. The lowest BCUT2D eigenvalue weighted by atomic mass is 10.0. The van der Waals surface area contributed by atoms with Gasteiger partial charge in [0, 0.05) is 61.1 Å². The third kappa shape index (κ3) is 6.44. The first-order valence-corrected chi connectivity index (χ1v) is 14.3. The number of nitrogens with one attached hydrogen (secondary N) is 2. The number of amides is 1. The SMILES string of the molecule is N[C@@H]1C[C@H](N)CN(c2nc(Nc3ccc(NC(=O)c4ccc5ccccc5c4O)cc3)nc(N3C[C@@H](N)C[C@@H](O)C3)n2)C1. The molecule has 2 fully saturated rings. The Morgan fingerprint density at radius 2 is 1.37 bits per heavy atom. The molecule has 2 saturated heterocycles. The van der Waals surface area contributed by atoms with Crippen LogP contribution in [0.25, 0.3) is 10.8 Å². The number of phenolic OH excluding ortho intramolecular Hbond substituents is 1. The first kappa shape index (κ1) is 28.6. The maximum atomic E-state index is 13.0. The highest BCUT2D eigenvalue weighted by molar-refractivity contribution is 6.09. The molecule has 4 atom stereocenters. The number of anilines is 5. The lowest BCUT2D eigenvalue weighted by Crippen LogP contribution is -2.53. The Morgan fingerprint density at radius 1 is 0.767 bits per heavy atom. The monoisotopic (exact) mass is 584 g/mol. The lowest BCUT2D eigenvalue weighted by Gasteiger charge is -2.36. The highest BCUT2D eigenvalue weighted by Crippen LogP contribution is 2.30. The van der Waals surface area contributed by atoms with Crippen LogP contribution in [0.2, 0.25) is 0 Å². The van der Waals surface area contributed by atoms with E-state index in [4.69, 9.17) is 22.2 Å². The zero-order valence-corrected chi connectivity index (χ0v) is 23.6. The van der Waals surface area contributed by atoms with Crippen LogP contribution < -0.4 is 37.6 Å². The molecule has 0 aliphatic carbocycles. The van der Waals surface area contributed by atoms with Crippen molar-refractivity contribution in [2.24, 2.45) is 17.2 Å². The first-order valence-electron chi connectivity index (χ1n) is 14.3. The molecule has 10 N–H and O–H groups in total. The zero-order valence-electron chi connectivity index (χ0n) is 23.6. The van der Waals surface area contributed by atoms with E-state index in [0.717, 1.165) is 11.8 Å². The predicted octanol–water partition coefficient (Wildman–Crippen LogP) is 1.49. The van der Waals surface area contributed by atoms with Crippen molar-refractivity contribution >= 4 is 45.9 Å². The highest BCUT2D eigenvalue weighted by atomic mass is 16.3. The van der Waals surface area contributed by atoms with Crippen LogP contribution in [0.5, 0.6) is 5.75 Å². The van der Waals surface area contributed by atoms with Crippen LogP contribution in [0.3, 0.4) is 0 Å². The molecule has 4 aromatic rings. The number of phenols is 1. The van der Waals surface area contributed by atoms with E-state index in [0.29, 0.717) is 67.2 Å². The van der Waals surface area contributed by atoms with Crippen LogP contribution >= 0.6 is 0 Å². The van der Waals surface area contributed by atoms with Crippen molar-refractivity contribution in [3.8, 4) is 5.75 Å². The number of aromatic hydroxyl groups is 1. The van der Waals surface area contributed by atoms with E-state index in [2.05, 4.69) is 20.6 Å². The summed E-state index contributed by atoms with van der Waals surface area (Å²) in [4.78, 5) is 30.8. The predicted molar refractivity (Wildman–Crippen MR) is 167 cm³/mol. The number of hydrogen-bond donors (Lipinski definition) is 7. The Labute approximate surface area is 248 Å². The van der Waals surface area contributed by atoms with Crippen molar-refractivity contribution in [3.05, 3.63) is 66.2 Å². The summed E-state index contributed by atoms with van der Waals surface area (Å²) >= 11 is 0. The molecule has 6 rings (SSSR count). The minimum absolute atomic E-state index is 0.0619. The van der Waals surface area contributed by atoms with Gasteiger partial charge < -0.3 is 47.8 Å². The Hall–Kier alpha value is -4.56. The Bertz CT molecular complexity index is 1550. The fourth-order valence-electron chi connectivity index (χ4n) is 5.71. The van der Waals surface area contributed by atoms with Crippen molar-refractivity contribution in [3.63, 3.8) is 0 Å². The second-order valence-corrected chi connectivity index (χ2v) is 11.3. The van der Waals surface area contributed by atoms with E-state index in [-0.39, 0.29) is 29.4 Å². The number of aromatic nitrogens is 3. The third-order valence-corrected chi connectivity index (χ3v) is 7.70. The number of rotatable bonds is 6. The summed E-state index contributed by atoms with van der Waals surface area (Å²) in [5.41, 5.74) is 20.1. The molecule has 0 bridgehead atoms. The van der Waals surface area contributed by atoms with E-state index < -0.39 is 12.0 Å². The van der Waals surface area contributed by atoms with Crippen molar-refractivity contribution in [2.75, 3.05) is 46.6 Å². The van der Waals surface area contributed by atoms with Gasteiger partial charge in [0.05, 0.1) is 11.7 Å². The number of benzene rings is 3. The standard InChI is InChI=1S/C30H36N10O3/c31-18-11-19(32)14-39(13-18)29-36-28(37-30(38-29)40-15-20(33)12-23(41)16-40)35-22-8-6-21(7-9-22)34-27(43)25-10-5-17-3-1-2-4-24(17)26(25)42/h1-10,18-20,23,41-42H,11-16,31-33H2,(H,34,43)(H,35,36,37,38)/t18-,19+,20-,23+/m0/s1. The van der Waals surface area contributed by atoms with Crippen LogP contribution in [0, 0.1) is 0 Å². The molecule has 2 aliphatic heterocycles. The second kappa shape index (κ2) is 12.0. The molecule has 43 heavy (non-hydrogen) atoms. The molecule has 0 radical (unpaired) electrons. The smallest absolute Gasteiger partial charge is 0.259 e. The number of nitrogens with zero attached hydrogens (tertiary/aromatic N) is 5. The van der Waals surface area contributed by atoms with E-state index in [1.807, 2.05) is 28.0 Å². The summed E-state index contributed by atoms with van der Waals surface area (Å²) in [5, 5.41) is 28.5. The van der Waals surface area contributed by atoms with Crippen LogP contribution in [0.4, 0.5) is 29.2 Å². The summed E-state index contributed by atoms with van der Waals surface area (Å²) in [7, 11) is 0. The van der Waals surface area contributed by atoms with Crippen LogP contribution in [-0.2, 0) is 0 Å². The van der Waals surface area contributed by atoms with Gasteiger partial charge in [0.2, 0.25) is 17.8 Å². The molecule has 3 aromatic carbocycles. The number of nitrogens with two attached hydrogens (primary N) is 3. The number of piperidine rings is 2. The molecule has 0 saturated carbocycles. The number of aliphatic hydroxyl groups is 1. The summed E-state index contributed by atoms with van der Waals surface area (Å²) in [5.74, 6) is 0.655. The highest BCUT2D eigenvalue weighted by Gasteiger charge is 2.29. The maximum absolute atomic E-state index is 13.0. The number of hydrogen-bond acceptors (Lipinski definition) is 12. The van der Waals surface area contributed by atoms with Crippen molar-refractivity contribution in [1.82, 2.24) is 15.0 Å². The van der Waals surface area contributed by atoms with E-state index in [1.54, 1.807) is 42.5 Å². The van der Waals surface area contributed by atoms with Crippen molar-refractivity contribution in [2.45, 2.75) is 37.1 Å². The summed E-state index contributed by atoms with van der Waals surface area (Å²) in [6, 6.07) is 17.4. The van der Waals surface area contributed by atoms with Crippen molar-refractivity contribution in [1.29, 1.82) is 0 Å². The largest absolute Gasteiger partial charge is 0.506 e. The molecule has 0 spiro atoms. The molecule has 1 aromatic heterocycles. The quantitative estimate of drug-likeness (QED) is 0.172. The number of carbonyl (C=O) groups excluding carboxylic acids is 1. The van der Waals surface area contributed by atoms with E-state index in [1.165, 1.54) is 0 Å². The summed E-state index contributed by atoms with van der Waals surface area (Å²) < 4.78 is 0. The van der Waals surface area contributed by atoms with Gasteiger partial charge >= 0.3 is 0 Å². The van der Waals surface area contributed by atoms with E-state index in [9.17, 15) is 15.0 Å². The van der Waals surface area contributed by atoms with Gasteiger partial charge in [0.1, 0.15) is 5.75 Å². The number of fused-ring (bicyclic) bond motifs is 1. The van der Waals surface area contributed by atoms with Crippen LogP contribution in [0.15, 0.2) is 60.7 Å². The van der Waals surface area contributed by atoms with Gasteiger partial charge in [-0.3, -0.25) is 4.79 Å². The van der Waals surface area contributed by atoms with Gasteiger partial charge in [-0.05, 0) is 48.6 Å². The Morgan fingerprint density at radius 3 is 2.05 bits per heavy atom. The van der Waals surface area contributed by atoms with Gasteiger partial charge in [-0.2, -0.15) is 15.0 Å². The van der Waals surface area contributed by atoms with Gasteiger partial charge in [-0.1, -0.05) is 30.3 Å². The molecule has 224 valence electrons. The van der Waals surface area contributed by atoms with Crippen molar-refractivity contribution < 1.29 is 15.0 Å². The van der Waals surface area contributed by atoms with Gasteiger partial charge in [-0.25, -0.2) is 0 Å². The maximum Gasteiger partial charge on any atom is 0.259 e. The number of aliphatic hydroxyl groups excluding tert-OH is 1. The Balaban J connectivity index is 1.22.